The predicted octanol–water partition coefficient (Wildman–Crippen LogP) is 0.859. The Morgan fingerprint density at radius 1 is 1.22 bits per heavy atom. The highest BCUT2D eigenvalue weighted by molar-refractivity contribution is 4.90. The molecule has 2 aliphatic rings. The van der Waals surface area contributed by atoms with E-state index in [-0.39, 0.29) is 0 Å². The van der Waals surface area contributed by atoms with Crippen LogP contribution in [0.1, 0.15) is 31.4 Å². The van der Waals surface area contributed by atoms with Crippen molar-refractivity contribution in [2.45, 2.75) is 38.8 Å². The van der Waals surface area contributed by atoms with Crippen molar-refractivity contribution < 1.29 is 0 Å². The fraction of sp³-hybridized carbons (Fsp3) is 0.846. The highest BCUT2D eigenvalue weighted by atomic mass is 15.4. The second-order valence-electron chi connectivity index (χ2n) is 5.82. The molecule has 0 aliphatic heterocycles. The van der Waals surface area contributed by atoms with Crippen LogP contribution >= 0.6 is 0 Å². The first kappa shape index (κ1) is 12.1. The lowest BCUT2D eigenvalue weighted by molar-refractivity contribution is 0.238. The summed E-state index contributed by atoms with van der Waals surface area (Å²) in [6.45, 7) is 5.09. The van der Waals surface area contributed by atoms with E-state index < -0.39 is 0 Å². The van der Waals surface area contributed by atoms with E-state index in [1.807, 2.05) is 10.9 Å². The largest absolute Gasteiger partial charge is 0.325 e. The molecule has 1 aromatic heterocycles. The van der Waals surface area contributed by atoms with Gasteiger partial charge in [0.1, 0.15) is 0 Å². The highest BCUT2D eigenvalue weighted by Gasteiger charge is 2.28. The third kappa shape index (κ3) is 3.53. The lowest BCUT2D eigenvalue weighted by Crippen LogP contribution is -2.31. The average molecular weight is 249 g/mol. The van der Waals surface area contributed by atoms with Gasteiger partial charge >= 0.3 is 0 Å². The van der Waals surface area contributed by atoms with Crippen LogP contribution in [-0.2, 0) is 13.1 Å². The van der Waals surface area contributed by atoms with Gasteiger partial charge in [0.15, 0.2) is 0 Å². The molecule has 2 fully saturated rings. The van der Waals surface area contributed by atoms with E-state index in [0.29, 0.717) is 6.54 Å². The molecule has 0 bridgehead atoms. The van der Waals surface area contributed by atoms with Gasteiger partial charge in [-0.2, -0.15) is 0 Å². The van der Waals surface area contributed by atoms with Gasteiger partial charge in [-0.15, -0.1) is 5.10 Å². The van der Waals surface area contributed by atoms with Crippen molar-refractivity contribution in [1.82, 2.24) is 19.9 Å². The first-order valence-electron chi connectivity index (χ1n) is 7.15. The molecule has 2 aliphatic carbocycles. The second-order valence-corrected chi connectivity index (χ2v) is 5.82. The highest BCUT2D eigenvalue weighted by Crippen LogP contribution is 2.33. The van der Waals surface area contributed by atoms with Crippen LogP contribution in [0.5, 0.6) is 0 Å². The van der Waals surface area contributed by atoms with Crippen LogP contribution in [0.15, 0.2) is 6.20 Å². The SMILES string of the molecule is NCc1cn(CCN(CC2CC2)CC2CC2)nn1. The topological polar surface area (TPSA) is 60.0 Å². The summed E-state index contributed by atoms with van der Waals surface area (Å²) in [6.07, 6.45) is 7.69. The molecule has 0 unspecified atom stereocenters. The maximum absolute atomic E-state index is 5.54. The van der Waals surface area contributed by atoms with Gasteiger partial charge in [0, 0.05) is 32.4 Å². The molecule has 3 rings (SSSR count). The zero-order chi connectivity index (χ0) is 12.4. The molecule has 0 aromatic carbocycles. The Kier molecular flexibility index (Phi) is 3.61. The number of hydrogen-bond acceptors (Lipinski definition) is 4. The molecular formula is C13H23N5. The monoisotopic (exact) mass is 249 g/mol. The van der Waals surface area contributed by atoms with Crippen LogP contribution < -0.4 is 5.73 Å². The molecular weight excluding hydrogens is 226 g/mol. The lowest BCUT2D eigenvalue weighted by atomic mass is 10.3. The molecule has 0 atom stereocenters. The van der Waals surface area contributed by atoms with E-state index in [1.165, 1.54) is 38.8 Å². The minimum absolute atomic E-state index is 0.480. The van der Waals surface area contributed by atoms with Crippen molar-refractivity contribution >= 4 is 0 Å². The normalized spacial score (nSPS) is 19.7. The molecule has 5 heteroatoms. The van der Waals surface area contributed by atoms with E-state index in [9.17, 15) is 0 Å². The molecule has 1 heterocycles. The maximum Gasteiger partial charge on any atom is 0.0962 e. The molecule has 0 radical (unpaired) electrons. The Labute approximate surface area is 108 Å². The number of nitrogens with two attached hydrogens (primary N) is 1. The van der Waals surface area contributed by atoms with Gasteiger partial charge in [-0.05, 0) is 37.5 Å². The van der Waals surface area contributed by atoms with Gasteiger partial charge in [0.2, 0.25) is 0 Å². The minimum Gasteiger partial charge on any atom is -0.325 e. The summed E-state index contributed by atoms with van der Waals surface area (Å²) in [5.74, 6) is 1.94. The Morgan fingerprint density at radius 3 is 2.39 bits per heavy atom. The zero-order valence-electron chi connectivity index (χ0n) is 11.0. The molecule has 100 valence electrons. The first-order chi connectivity index (χ1) is 8.83. The van der Waals surface area contributed by atoms with E-state index in [1.54, 1.807) is 0 Å². The second kappa shape index (κ2) is 5.36. The Bertz CT molecular complexity index is 366. The predicted molar refractivity (Wildman–Crippen MR) is 69.8 cm³/mol. The van der Waals surface area contributed by atoms with Crippen LogP contribution in [-0.4, -0.2) is 39.5 Å². The van der Waals surface area contributed by atoms with Crippen molar-refractivity contribution in [1.29, 1.82) is 0 Å². The third-order valence-corrected chi connectivity index (χ3v) is 3.87. The lowest BCUT2D eigenvalue weighted by Gasteiger charge is -2.21. The minimum atomic E-state index is 0.480. The number of rotatable bonds is 8. The summed E-state index contributed by atoms with van der Waals surface area (Å²) in [4.78, 5) is 2.62. The van der Waals surface area contributed by atoms with Crippen molar-refractivity contribution in [3.63, 3.8) is 0 Å². The van der Waals surface area contributed by atoms with E-state index in [4.69, 9.17) is 5.73 Å². The molecule has 0 amide bonds. The van der Waals surface area contributed by atoms with E-state index in [0.717, 1.165) is 30.6 Å². The quantitative estimate of drug-likeness (QED) is 0.742. The first-order valence-corrected chi connectivity index (χ1v) is 7.15. The molecule has 0 saturated heterocycles. The third-order valence-electron chi connectivity index (χ3n) is 3.87. The summed E-state index contributed by atoms with van der Waals surface area (Å²) >= 11 is 0. The fourth-order valence-corrected chi connectivity index (χ4v) is 2.37. The Balaban J connectivity index is 1.47. The van der Waals surface area contributed by atoms with E-state index in [2.05, 4.69) is 15.2 Å². The zero-order valence-corrected chi connectivity index (χ0v) is 11.0. The van der Waals surface area contributed by atoms with Gasteiger partial charge in [-0.3, -0.25) is 4.68 Å². The summed E-state index contributed by atoms with van der Waals surface area (Å²) in [5.41, 5.74) is 6.42. The molecule has 2 N–H and O–H groups in total. The molecule has 2 saturated carbocycles. The van der Waals surface area contributed by atoms with Crippen LogP contribution in [0.4, 0.5) is 0 Å². The smallest absolute Gasteiger partial charge is 0.0962 e. The van der Waals surface area contributed by atoms with Gasteiger partial charge in [0.25, 0.3) is 0 Å². The average Bonchev–Trinajstić information content (AvgIpc) is 3.29. The van der Waals surface area contributed by atoms with Crippen LogP contribution in [0.25, 0.3) is 0 Å². The summed E-state index contributed by atoms with van der Waals surface area (Å²) in [5, 5.41) is 8.14. The van der Waals surface area contributed by atoms with Gasteiger partial charge in [0.05, 0.1) is 12.2 Å². The number of hydrogen-bond donors (Lipinski definition) is 1. The summed E-state index contributed by atoms with van der Waals surface area (Å²) < 4.78 is 1.93. The van der Waals surface area contributed by atoms with Crippen molar-refractivity contribution in [3.8, 4) is 0 Å². The van der Waals surface area contributed by atoms with Gasteiger partial charge < -0.3 is 10.6 Å². The van der Waals surface area contributed by atoms with Crippen LogP contribution in [0, 0.1) is 11.8 Å². The summed E-state index contributed by atoms with van der Waals surface area (Å²) in [7, 11) is 0. The maximum atomic E-state index is 5.54. The Hall–Kier alpha value is -0.940. The van der Waals surface area contributed by atoms with E-state index >= 15 is 0 Å². The van der Waals surface area contributed by atoms with Crippen molar-refractivity contribution in [2.75, 3.05) is 19.6 Å². The molecule has 5 nitrogen and oxygen atoms in total. The standard InChI is InChI=1S/C13H23N5/c14-7-13-10-18(16-15-13)6-5-17(8-11-1-2-11)9-12-3-4-12/h10-12H,1-9,14H2. The molecule has 0 spiro atoms. The Morgan fingerprint density at radius 2 is 1.89 bits per heavy atom. The van der Waals surface area contributed by atoms with Gasteiger partial charge in [-0.25, -0.2) is 0 Å². The van der Waals surface area contributed by atoms with Crippen molar-refractivity contribution in [2.24, 2.45) is 17.6 Å². The summed E-state index contributed by atoms with van der Waals surface area (Å²) in [6, 6.07) is 0. The molecule has 1 aromatic rings. The number of aromatic nitrogens is 3. The number of nitrogens with zero attached hydrogens (tertiary/aromatic N) is 4. The molecule has 18 heavy (non-hydrogen) atoms. The van der Waals surface area contributed by atoms with Crippen LogP contribution in [0.2, 0.25) is 0 Å². The fourth-order valence-electron chi connectivity index (χ4n) is 2.37. The van der Waals surface area contributed by atoms with Crippen molar-refractivity contribution in [3.05, 3.63) is 11.9 Å². The van der Waals surface area contributed by atoms with Gasteiger partial charge in [-0.1, -0.05) is 5.21 Å². The van der Waals surface area contributed by atoms with Crippen LogP contribution in [0.3, 0.4) is 0 Å².